The number of rotatable bonds is 4. The zero-order valence-corrected chi connectivity index (χ0v) is 14.3. The van der Waals surface area contributed by atoms with E-state index in [0.29, 0.717) is 11.4 Å². The van der Waals surface area contributed by atoms with Gasteiger partial charge in [0, 0.05) is 13.1 Å². The first-order chi connectivity index (χ1) is 10.7. The number of anilines is 1. The minimum absolute atomic E-state index is 0.0461. The fourth-order valence-electron chi connectivity index (χ4n) is 2.56. The third-order valence-corrected chi connectivity index (χ3v) is 4.08. The Balaban J connectivity index is 2.49. The molecule has 2 amide bonds. The molecule has 126 valence electrons. The number of carbonyl (C=O) groups is 2. The van der Waals surface area contributed by atoms with Gasteiger partial charge in [-0.1, -0.05) is 19.9 Å². The predicted molar refractivity (Wildman–Crippen MR) is 89.3 cm³/mol. The van der Waals surface area contributed by atoms with Crippen molar-refractivity contribution >= 4 is 17.5 Å². The molecule has 0 fully saturated rings. The molecule has 3 N–H and O–H groups in total. The van der Waals surface area contributed by atoms with E-state index in [2.05, 4.69) is 5.32 Å². The van der Waals surface area contributed by atoms with Crippen LogP contribution < -0.4 is 20.7 Å². The van der Waals surface area contributed by atoms with Gasteiger partial charge >= 0.3 is 0 Å². The van der Waals surface area contributed by atoms with Gasteiger partial charge in [0.15, 0.2) is 5.60 Å². The molecule has 1 atom stereocenters. The minimum atomic E-state index is -1.01. The number of hydrogen-bond donors (Lipinski definition) is 2. The molecule has 0 bridgehead atoms. The van der Waals surface area contributed by atoms with Crippen LogP contribution in [0.1, 0.15) is 39.3 Å². The number of hydrogen-bond acceptors (Lipinski definition) is 4. The van der Waals surface area contributed by atoms with Gasteiger partial charge in [0.1, 0.15) is 12.3 Å². The molecule has 0 saturated heterocycles. The van der Waals surface area contributed by atoms with Crippen molar-refractivity contribution in [1.82, 2.24) is 5.32 Å². The fraction of sp³-hybridized carbons (Fsp3) is 0.529. The molecule has 1 unspecified atom stereocenters. The molecule has 0 aliphatic carbocycles. The van der Waals surface area contributed by atoms with Crippen LogP contribution in [0.2, 0.25) is 0 Å². The molecule has 1 aromatic carbocycles. The van der Waals surface area contributed by atoms with Crippen molar-refractivity contribution in [2.24, 2.45) is 11.7 Å². The molecule has 0 radical (unpaired) electrons. The van der Waals surface area contributed by atoms with Crippen molar-refractivity contribution in [1.29, 1.82) is 0 Å². The topological polar surface area (TPSA) is 84.7 Å². The zero-order valence-electron chi connectivity index (χ0n) is 14.3. The van der Waals surface area contributed by atoms with E-state index >= 15 is 0 Å². The molecule has 0 spiro atoms. The predicted octanol–water partition coefficient (Wildman–Crippen LogP) is 1.59. The Hall–Kier alpha value is -2.08. The first-order valence-corrected chi connectivity index (χ1v) is 7.78. The summed E-state index contributed by atoms with van der Waals surface area (Å²) in [6.45, 7) is 7.43. The molecule has 0 saturated carbocycles. The van der Waals surface area contributed by atoms with Gasteiger partial charge < -0.3 is 15.8 Å². The highest BCUT2D eigenvalue weighted by atomic mass is 16.5. The Morgan fingerprint density at radius 1 is 1.39 bits per heavy atom. The summed E-state index contributed by atoms with van der Waals surface area (Å²) in [5.74, 6) is 0.361. The van der Waals surface area contributed by atoms with E-state index in [1.165, 1.54) is 4.90 Å². The summed E-state index contributed by atoms with van der Waals surface area (Å²) in [4.78, 5) is 25.9. The van der Waals surface area contributed by atoms with Crippen LogP contribution in [0.15, 0.2) is 18.2 Å². The smallest absolute Gasteiger partial charge is 0.271 e. The molecule has 0 aromatic heterocycles. The van der Waals surface area contributed by atoms with Crippen LogP contribution in [0.3, 0.4) is 0 Å². The number of benzene rings is 1. The van der Waals surface area contributed by atoms with Crippen LogP contribution in [0.4, 0.5) is 5.69 Å². The lowest BCUT2D eigenvalue weighted by Gasteiger charge is -2.38. The second kappa shape index (κ2) is 6.20. The van der Waals surface area contributed by atoms with Crippen molar-refractivity contribution in [3.05, 3.63) is 23.8 Å². The first kappa shape index (κ1) is 17.3. The monoisotopic (exact) mass is 319 g/mol. The summed E-state index contributed by atoms with van der Waals surface area (Å²) in [6.07, 6.45) is 0. The van der Waals surface area contributed by atoms with Gasteiger partial charge in [-0.15, -0.1) is 0 Å². The summed E-state index contributed by atoms with van der Waals surface area (Å²) in [5.41, 5.74) is 6.70. The average Bonchev–Trinajstić information content (AvgIpc) is 2.50. The van der Waals surface area contributed by atoms with E-state index in [4.69, 9.17) is 10.5 Å². The van der Waals surface area contributed by atoms with Crippen LogP contribution in [-0.2, 0) is 9.59 Å². The number of carbonyl (C=O) groups excluding carboxylic acids is 2. The van der Waals surface area contributed by atoms with Gasteiger partial charge in [0.2, 0.25) is 5.91 Å². The number of amides is 2. The molecular formula is C17H25N3O3. The third-order valence-electron chi connectivity index (χ3n) is 4.08. The third kappa shape index (κ3) is 3.32. The molecule has 1 heterocycles. The van der Waals surface area contributed by atoms with Crippen LogP contribution >= 0.6 is 0 Å². The SMILES string of the molecule is CNC(=O)CN1C(=O)C(C)(C)Oc2ccc(C(N)C(C)C)cc21. The van der Waals surface area contributed by atoms with E-state index in [0.717, 1.165) is 5.56 Å². The second-order valence-corrected chi connectivity index (χ2v) is 6.67. The molecular weight excluding hydrogens is 294 g/mol. The lowest BCUT2D eigenvalue weighted by Crippen LogP contribution is -2.54. The summed E-state index contributed by atoms with van der Waals surface area (Å²) in [7, 11) is 1.55. The first-order valence-electron chi connectivity index (χ1n) is 7.78. The molecule has 6 nitrogen and oxygen atoms in total. The summed E-state index contributed by atoms with van der Waals surface area (Å²) in [5, 5.41) is 2.55. The van der Waals surface area contributed by atoms with E-state index in [-0.39, 0.29) is 30.3 Å². The highest BCUT2D eigenvalue weighted by Gasteiger charge is 2.41. The van der Waals surface area contributed by atoms with Gasteiger partial charge in [-0.25, -0.2) is 0 Å². The number of nitrogens with one attached hydrogen (secondary N) is 1. The van der Waals surface area contributed by atoms with Gasteiger partial charge in [-0.2, -0.15) is 0 Å². The Morgan fingerprint density at radius 3 is 2.61 bits per heavy atom. The highest BCUT2D eigenvalue weighted by molar-refractivity contribution is 6.05. The normalized spacial score (nSPS) is 17.5. The maximum atomic E-state index is 12.7. The van der Waals surface area contributed by atoms with Crippen molar-refractivity contribution in [3.63, 3.8) is 0 Å². The lowest BCUT2D eigenvalue weighted by molar-refractivity contribution is -0.134. The lowest BCUT2D eigenvalue weighted by atomic mass is 9.95. The van der Waals surface area contributed by atoms with Crippen molar-refractivity contribution in [3.8, 4) is 5.75 Å². The van der Waals surface area contributed by atoms with E-state index in [1.807, 2.05) is 32.0 Å². The van der Waals surface area contributed by atoms with Crippen LogP contribution in [0.5, 0.6) is 5.75 Å². The maximum absolute atomic E-state index is 12.7. The van der Waals surface area contributed by atoms with Crippen LogP contribution in [0.25, 0.3) is 0 Å². The largest absolute Gasteiger partial charge is 0.476 e. The van der Waals surface area contributed by atoms with Crippen LogP contribution in [0, 0.1) is 5.92 Å². The standard InChI is InChI=1S/C17H25N3O3/c1-10(2)15(18)11-6-7-13-12(8-11)20(9-14(21)19-5)16(22)17(3,4)23-13/h6-8,10,15H,9,18H2,1-5H3,(H,19,21). The maximum Gasteiger partial charge on any atom is 0.271 e. The zero-order chi connectivity index (χ0) is 17.4. The quantitative estimate of drug-likeness (QED) is 0.882. The number of fused-ring (bicyclic) bond motifs is 1. The fourth-order valence-corrected chi connectivity index (χ4v) is 2.56. The van der Waals surface area contributed by atoms with Crippen molar-refractivity contribution in [2.75, 3.05) is 18.5 Å². The van der Waals surface area contributed by atoms with Gasteiger partial charge in [-0.3, -0.25) is 14.5 Å². The number of nitrogens with zero attached hydrogens (tertiary/aromatic N) is 1. The Labute approximate surface area is 137 Å². The van der Waals surface area contributed by atoms with Crippen molar-refractivity contribution < 1.29 is 14.3 Å². The summed E-state index contributed by atoms with van der Waals surface area (Å²) in [6, 6.07) is 5.42. The molecule has 1 aromatic rings. The van der Waals surface area contributed by atoms with E-state index in [9.17, 15) is 9.59 Å². The van der Waals surface area contributed by atoms with E-state index < -0.39 is 5.60 Å². The van der Waals surface area contributed by atoms with Crippen LogP contribution in [-0.4, -0.2) is 31.0 Å². The molecule has 1 aliphatic rings. The summed E-state index contributed by atoms with van der Waals surface area (Å²) < 4.78 is 5.81. The average molecular weight is 319 g/mol. The molecule has 23 heavy (non-hydrogen) atoms. The number of likely N-dealkylation sites (N-methyl/N-ethyl adjacent to an activating group) is 1. The summed E-state index contributed by atoms with van der Waals surface area (Å²) >= 11 is 0. The second-order valence-electron chi connectivity index (χ2n) is 6.67. The van der Waals surface area contributed by atoms with Gasteiger partial charge in [0.25, 0.3) is 5.91 Å². The molecule has 6 heteroatoms. The van der Waals surface area contributed by atoms with Gasteiger partial charge in [0.05, 0.1) is 5.69 Å². The number of ether oxygens (including phenoxy) is 1. The Bertz CT molecular complexity index is 626. The molecule has 1 aliphatic heterocycles. The Kier molecular flexibility index (Phi) is 4.66. The van der Waals surface area contributed by atoms with E-state index in [1.54, 1.807) is 20.9 Å². The highest BCUT2D eigenvalue weighted by Crippen LogP contribution is 2.39. The van der Waals surface area contributed by atoms with Gasteiger partial charge in [-0.05, 0) is 37.5 Å². The Morgan fingerprint density at radius 2 is 2.04 bits per heavy atom. The number of nitrogens with two attached hydrogens (primary N) is 1. The molecule has 2 rings (SSSR count). The van der Waals surface area contributed by atoms with Crippen molar-refractivity contribution in [2.45, 2.75) is 39.3 Å². The minimum Gasteiger partial charge on any atom is -0.476 e.